The number of benzene rings is 1. The molecule has 0 saturated carbocycles. The van der Waals surface area contributed by atoms with Crippen molar-refractivity contribution in [2.24, 2.45) is 0 Å². The maximum absolute atomic E-state index is 14.0. The first kappa shape index (κ1) is 15.1. The zero-order valence-corrected chi connectivity index (χ0v) is 13.0. The molecule has 0 spiro atoms. The minimum absolute atomic E-state index is 0.285. The summed E-state index contributed by atoms with van der Waals surface area (Å²) in [5.74, 6) is 1.17. The number of aromatic nitrogens is 3. The van der Waals surface area contributed by atoms with Crippen molar-refractivity contribution < 1.29 is 9.13 Å². The molecule has 0 aliphatic carbocycles. The van der Waals surface area contributed by atoms with Crippen molar-refractivity contribution in [3.8, 4) is 5.69 Å². The highest BCUT2D eigenvalue weighted by molar-refractivity contribution is 5.33. The van der Waals surface area contributed by atoms with Crippen LogP contribution >= 0.6 is 0 Å². The number of hydrogen-bond donors (Lipinski definition) is 0. The Morgan fingerprint density at radius 2 is 2.00 bits per heavy atom. The summed E-state index contributed by atoms with van der Waals surface area (Å²) in [6.45, 7) is 7.38. The Morgan fingerprint density at radius 1 is 1.27 bits per heavy atom. The van der Waals surface area contributed by atoms with Crippen LogP contribution in [0.2, 0.25) is 0 Å². The molecular weight excluding hydrogens is 283 g/mol. The van der Waals surface area contributed by atoms with Gasteiger partial charge in [0.1, 0.15) is 23.2 Å². The summed E-state index contributed by atoms with van der Waals surface area (Å²) in [7, 11) is 0. The van der Waals surface area contributed by atoms with Crippen LogP contribution in [-0.2, 0) is 11.2 Å². The minimum atomic E-state index is -0.285. The molecular formula is C16H21FN4O. The average Bonchev–Trinajstić information content (AvgIpc) is 2.89. The standard InChI is InChI=1S/C16H21FN4O/c1-12(20-7-9-22-10-8-20)11-16-18-13(2)19-21(16)15-6-4-3-5-14(15)17/h3-6,12H,7-11H2,1-2H3/t12-/m0/s1. The van der Waals surface area contributed by atoms with Crippen LogP contribution in [0.1, 0.15) is 18.6 Å². The highest BCUT2D eigenvalue weighted by atomic mass is 19.1. The van der Waals surface area contributed by atoms with E-state index in [0.29, 0.717) is 17.6 Å². The van der Waals surface area contributed by atoms with Crippen molar-refractivity contribution in [3.05, 3.63) is 41.7 Å². The fourth-order valence-corrected chi connectivity index (χ4v) is 2.82. The van der Waals surface area contributed by atoms with Gasteiger partial charge in [-0.05, 0) is 26.0 Å². The Kier molecular flexibility index (Phi) is 4.49. The molecule has 0 radical (unpaired) electrons. The van der Waals surface area contributed by atoms with E-state index in [1.165, 1.54) is 6.07 Å². The number of nitrogens with zero attached hydrogens (tertiary/aromatic N) is 4. The summed E-state index contributed by atoms with van der Waals surface area (Å²) in [5.41, 5.74) is 0.451. The first-order valence-corrected chi connectivity index (χ1v) is 7.64. The van der Waals surface area contributed by atoms with E-state index in [-0.39, 0.29) is 5.82 Å². The highest BCUT2D eigenvalue weighted by Gasteiger charge is 2.21. The van der Waals surface area contributed by atoms with Gasteiger partial charge >= 0.3 is 0 Å². The van der Waals surface area contributed by atoms with Crippen LogP contribution in [0.15, 0.2) is 24.3 Å². The monoisotopic (exact) mass is 304 g/mol. The van der Waals surface area contributed by atoms with Crippen LogP contribution in [0, 0.1) is 12.7 Å². The van der Waals surface area contributed by atoms with Gasteiger partial charge in [0.05, 0.1) is 13.2 Å². The molecule has 2 heterocycles. The molecule has 6 heteroatoms. The fourth-order valence-electron chi connectivity index (χ4n) is 2.82. The molecule has 1 aliphatic rings. The molecule has 1 aliphatic heterocycles. The molecule has 2 aromatic rings. The maximum Gasteiger partial charge on any atom is 0.148 e. The highest BCUT2D eigenvalue weighted by Crippen LogP contribution is 2.16. The van der Waals surface area contributed by atoms with Gasteiger partial charge in [0, 0.05) is 25.6 Å². The van der Waals surface area contributed by atoms with Gasteiger partial charge in [-0.1, -0.05) is 12.1 Å². The molecule has 0 bridgehead atoms. The molecule has 1 aromatic carbocycles. The van der Waals surface area contributed by atoms with Gasteiger partial charge in [-0.15, -0.1) is 0 Å². The van der Waals surface area contributed by atoms with Crippen molar-refractivity contribution >= 4 is 0 Å². The van der Waals surface area contributed by atoms with E-state index < -0.39 is 0 Å². The van der Waals surface area contributed by atoms with E-state index in [4.69, 9.17) is 4.74 Å². The average molecular weight is 304 g/mol. The number of morpholine rings is 1. The summed E-state index contributed by atoms with van der Waals surface area (Å²) in [6, 6.07) is 6.98. The molecule has 0 N–H and O–H groups in total. The second kappa shape index (κ2) is 6.54. The minimum Gasteiger partial charge on any atom is -0.379 e. The normalized spacial score (nSPS) is 17.6. The lowest BCUT2D eigenvalue weighted by molar-refractivity contribution is 0.0199. The van der Waals surface area contributed by atoms with Crippen LogP contribution in [0.5, 0.6) is 0 Å². The Morgan fingerprint density at radius 3 is 2.73 bits per heavy atom. The van der Waals surface area contributed by atoms with Crippen LogP contribution in [0.3, 0.4) is 0 Å². The molecule has 1 fully saturated rings. The molecule has 1 aromatic heterocycles. The third kappa shape index (κ3) is 3.18. The first-order chi connectivity index (χ1) is 10.6. The molecule has 5 nitrogen and oxygen atoms in total. The molecule has 1 atom stereocenters. The van der Waals surface area contributed by atoms with Gasteiger partial charge < -0.3 is 4.74 Å². The number of hydrogen-bond acceptors (Lipinski definition) is 4. The van der Waals surface area contributed by atoms with Gasteiger partial charge in [0.2, 0.25) is 0 Å². The molecule has 1 saturated heterocycles. The second-order valence-corrected chi connectivity index (χ2v) is 5.64. The lowest BCUT2D eigenvalue weighted by Crippen LogP contribution is -2.43. The van der Waals surface area contributed by atoms with Crippen LogP contribution in [0.25, 0.3) is 5.69 Å². The van der Waals surface area contributed by atoms with E-state index in [9.17, 15) is 4.39 Å². The van der Waals surface area contributed by atoms with Gasteiger partial charge in [-0.2, -0.15) is 5.10 Å². The predicted octanol–water partition coefficient (Wildman–Crippen LogP) is 1.98. The predicted molar refractivity (Wildman–Crippen MR) is 81.6 cm³/mol. The Balaban J connectivity index is 1.83. The lowest BCUT2D eigenvalue weighted by Gasteiger charge is -2.32. The number of halogens is 1. The van der Waals surface area contributed by atoms with Crippen molar-refractivity contribution in [2.75, 3.05) is 26.3 Å². The van der Waals surface area contributed by atoms with E-state index in [2.05, 4.69) is 21.9 Å². The molecule has 0 unspecified atom stereocenters. The summed E-state index contributed by atoms with van der Waals surface area (Å²) < 4.78 is 21.1. The zero-order valence-electron chi connectivity index (χ0n) is 13.0. The zero-order chi connectivity index (χ0) is 15.5. The molecule has 22 heavy (non-hydrogen) atoms. The summed E-state index contributed by atoms with van der Waals surface area (Å²) in [5, 5.41) is 4.36. The van der Waals surface area contributed by atoms with Crippen molar-refractivity contribution in [1.82, 2.24) is 19.7 Å². The summed E-state index contributed by atoms with van der Waals surface area (Å²) in [6.07, 6.45) is 0.731. The molecule has 0 amide bonds. The Labute approximate surface area is 129 Å². The Hall–Kier alpha value is -1.79. The van der Waals surface area contributed by atoms with Crippen LogP contribution in [0.4, 0.5) is 4.39 Å². The smallest absolute Gasteiger partial charge is 0.148 e. The van der Waals surface area contributed by atoms with Crippen molar-refractivity contribution in [2.45, 2.75) is 26.3 Å². The summed E-state index contributed by atoms with van der Waals surface area (Å²) in [4.78, 5) is 6.86. The largest absolute Gasteiger partial charge is 0.379 e. The quantitative estimate of drug-likeness (QED) is 0.866. The fraction of sp³-hybridized carbons (Fsp3) is 0.500. The lowest BCUT2D eigenvalue weighted by atomic mass is 10.1. The third-order valence-corrected chi connectivity index (χ3v) is 4.01. The first-order valence-electron chi connectivity index (χ1n) is 7.64. The number of para-hydroxylation sites is 1. The summed E-state index contributed by atoms with van der Waals surface area (Å²) >= 11 is 0. The number of rotatable bonds is 4. The van der Waals surface area contributed by atoms with Gasteiger partial charge in [-0.3, -0.25) is 4.90 Å². The Bertz CT molecular complexity index is 637. The van der Waals surface area contributed by atoms with Crippen LogP contribution < -0.4 is 0 Å². The topological polar surface area (TPSA) is 43.2 Å². The SMILES string of the molecule is Cc1nc(C[C@H](C)N2CCOCC2)n(-c2ccccc2F)n1. The molecule has 3 rings (SSSR count). The van der Waals surface area contributed by atoms with Crippen LogP contribution in [-0.4, -0.2) is 52.0 Å². The third-order valence-electron chi connectivity index (χ3n) is 4.01. The van der Waals surface area contributed by atoms with Gasteiger partial charge in [0.15, 0.2) is 0 Å². The number of ether oxygens (including phenoxy) is 1. The van der Waals surface area contributed by atoms with E-state index in [1.807, 2.05) is 13.0 Å². The number of aryl methyl sites for hydroxylation is 1. The maximum atomic E-state index is 14.0. The molecule has 118 valence electrons. The van der Waals surface area contributed by atoms with Crippen molar-refractivity contribution in [1.29, 1.82) is 0 Å². The van der Waals surface area contributed by atoms with Gasteiger partial charge in [0.25, 0.3) is 0 Å². The second-order valence-electron chi connectivity index (χ2n) is 5.64. The van der Waals surface area contributed by atoms with Crippen molar-refractivity contribution in [3.63, 3.8) is 0 Å². The van der Waals surface area contributed by atoms with E-state index in [0.717, 1.165) is 38.5 Å². The van der Waals surface area contributed by atoms with Gasteiger partial charge in [-0.25, -0.2) is 14.1 Å². The van der Waals surface area contributed by atoms with E-state index >= 15 is 0 Å². The van der Waals surface area contributed by atoms with E-state index in [1.54, 1.807) is 16.8 Å².